The van der Waals surface area contributed by atoms with E-state index in [9.17, 15) is 0 Å². The van der Waals surface area contributed by atoms with Crippen molar-refractivity contribution >= 4 is 0 Å². The van der Waals surface area contributed by atoms with Crippen LogP contribution in [0.25, 0.3) is 0 Å². The SMILES string of the molecule is C1CC2CC1C1C3CCN(C3)C21. The fourth-order valence-electron chi connectivity index (χ4n) is 4.91. The van der Waals surface area contributed by atoms with E-state index in [4.69, 9.17) is 0 Å². The van der Waals surface area contributed by atoms with Crippen molar-refractivity contribution in [3.63, 3.8) is 0 Å². The molecule has 2 heterocycles. The molecule has 1 nitrogen and oxygen atoms in total. The minimum Gasteiger partial charge on any atom is -0.300 e. The fraction of sp³-hybridized carbons (Fsp3) is 1.00. The molecule has 6 atom stereocenters. The summed E-state index contributed by atoms with van der Waals surface area (Å²) in [5, 5.41) is 0. The summed E-state index contributed by atoms with van der Waals surface area (Å²) in [6.45, 7) is 2.91. The third-order valence-electron chi connectivity index (χ3n) is 5.16. The maximum Gasteiger partial charge on any atom is 0.0158 e. The summed E-state index contributed by atoms with van der Waals surface area (Å²) in [6.07, 6.45) is 6.28. The molecule has 4 aliphatic rings. The lowest BCUT2D eigenvalue weighted by atomic mass is 9.77. The van der Waals surface area contributed by atoms with Crippen molar-refractivity contribution < 1.29 is 0 Å². The van der Waals surface area contributed by atoms with Gasteiger partial charge in [-0.1, -0.05) is 0 Å². The van der Waals surface area contributed by atoms with Crippen LogP contribution >= 0.6 is 0 Å². The number of piperidine rings is 1. The maximum atomic E-state index is 2.82. The Bertz CT molecular complexity index is 181. The lowest BCUT2D eigenvalue weighted by Crippen LogP contribution is -2.39. The molecule has 0 aromatic carbocycles. The van der Waals surface area contributed by atoms with E-state index in [1.807, 2.05) is 0 Å². The standard InChI is InChI=1S/C11H17N/c1-2-8-5-7(1)10-9-3-4-12(6-9)11(8)10/h7-11H,1-6H2. The molecular formula is C11H17N. The third kappa shape index (κ3) is 0.555. The molecule has 2 saturated heterocycles. The Hall–Kier alpha value is -0.0400. The molecule has 0 spiro atoms. The van der Waals surface area contributed by atoms with E-state index in [-0.39, 0.29) is 0 Å². The molecule has 2 aliphatic heterocycles. The van der Waals surface area contributed by atoms with E-state index in [1.165, 1.54) is 19.5 Å². The number of hydrogen-bond acceptors (Lipinski definition) is 1. The van der Waals surface area contributed by atoms with Crippen LogP contribution in [0.4, 0.5) is 0 Å². The predicted molar refractivity (Wildman–Crippen MR) is 47.8 cm³/mol. The second-order valence-corrected chi connectivity index (χ2v) is 5.44. The lowest BCUT2D eigenvalue weighted by molar-refractivity contribution is 0.138. The Morgan fingerprint density at radius 1 is 0.917 bits per heavy atom. The number of hydrogen-bond donors (Lipinski definition) is 0. The highest BCUT2D eigenvalue weighted by Gasteiger charge is 2.58. The van der Waals surface area contributed by atoms with Gasteiger partial charge in [-0.15, -0.1) is 0 Å². The predicted octanol–water partition coefficient (Wildman–Crippen LogP) is 1.74. The summed E-state index contributed by atoms with van der Waals surface area (Å²) in [5.41, 5.74) is 0. The van der Waals surface area contributed by atoms with Crippen molar-refractivity contribution in [2.75, 3.05) is 13.1 Å². The van der Waals surface area contributed by atoms with Crippen molar-refractivity contribution in [2.45, 2.75) is 31.7 Å². The Labute approximate surface area is 74.1 Å². The molecule has 0 N–H and O–H groups in total. The first-order valence-electron chi connectivity index (χ1n) is 5.67. The summed E-state index contributed by atoms with van der Waals surface area (Å²) in [5.74, 6) is 4.59. The van der Waals surface area contributed by atoms with Crippen molar-refractivity contribution in [3.05, 3.63) is 0 Å². The van der Waals surface area contributed by atoms with Gasteiger partial charge in [-0.25, -0.2) is 0 Å². The number of fused-ring (bicyclic) bond motifs is 9. The van der Waals surface area contributed by atoms with E-state index >= 15 is 0 Å². The first kappa shape index (κ1) is 6.42. The zero-order valence-corrected chi connectivity index (χ0v) is 7.58. The zero-order chi connectivity index (χ0) is 7.71. The van der Waals surface area contributed by atoms with Gasteiger partial charge in [0.25, 0.3) is 0 Å². The van der Waals surface area contributed by atoms with E-state index < -0.39 is 0 Å². The molecule has 4 fully saturated rings. The van der Waals surface area contributed by atoms with Gasteiger partial charge in [0, 0.05) is 12.6 Å². The van der Waals surface area contributed by atoms with Gasteiger partial charge in [0.1, 0.15) is 0 Å². The number of nitrogens with zero attached hydrogens (tertiary/aromatic N) is 1. The first-order chi connectivity index (χ1) is 5.93. The van der Waals surface area contributed by atoms with Crippen LogP contribution in [0.15, 0.2) is 0 Å². The van der Waals surface area contributed by atoms with Gasteiger partial charge < -0.3 is 0 Å². The van der Waals surface area contributed by atoms with E-state index in [0.29, 0.717) is 0 Å². The molecule has 2 aliphatic carbocycles. The Balaban J connectivity index is 1.77. The third-order valence-corrected chi connectivity index (χ3v) is 5.16. The Kier molecular flexibility index (Phi) is 1.01. The molecule has 4 rings (SSSR count). The average molecular weight is 163 g/mol. The molecule has 12 heavy (non-hydrogen) atoms. The Morgan fingerprint density at radius 2 is 1.83 bits per heavy atom. The van der Waals surface area contributed by atoms with E-state index in [2.05, 4.69) is 4.90 Å². The van der Waals surface area contributed by atoms with E-state index in [1.54, 1.807) is 19.3 Å². The topological polar surface area (TPSA) is 3.24 Å². The maximum absolute atomic E-state index is 2.82. The molecule has 0 radical (unpaired) electrons. The first-order valence-corrected chi connectivity index (χ1v) is 5.67. The fourth-order valence-corrected chi connectivity index (χ4v) is 4.91. The average Bonchev–Trinajstić information content (AvgIpc) is 2.83. The van der Waals surface area contributed by atoms with Crippen LogP contribution in [-0.2, 0) is 0 Å². The van der Waals surface area contributed by atoms with Crippen LogP contribution in [0.3, 0.4) is 0 Å². The molecule has 66 valence electrons. The van der Waals surface area contributed by atoms with Gasteiger partial charge in [-0.3, -0.25) is 4.90 Å². The van der Waals surface area contributed by atoms with Gasteiger partial charge in [0.2, 0.25) is 0 Å². The molecule has 0 amide bonds. The highest BCUT2D eigenvalue weighted by Crippen LogP contribution is 2.59. The Morgan fingerprint density at radius 3 is 2.75 bits per heavy atom. The van der Waals surface area contributed by atoms with Crippen molar-refractivity contribution in [1.29, 1.82) is 0 Å². The van der Waals surface area contributed by atoms with Crippen LogP contribution in [0, 0.1) is 23.7 Å². The van der Waals surface area contributed by atoms with Crippen LogP contribution in [0.5, 0.6) is 0 Å². The summed E-state index contributed by atoms with van der Waals surface area (Å²) in [7, 11) is 0. The highest BCUT2D eigenvalue weighted by atomic mass is 15.2. The van der Waals surface area contributed by atoms with Crippen LogP contribution in [0.1, 0.15) is 25.7 Å². The highest BCUT2D eigenvalue weighted by molar-refractivity contribution is 5.10. The zero-order valence-electron chi connectivity index (χ0n) is 7.58. The minimum absolute atomic E-state index is 1.07. The molecule has 0 aromatic heterocycles. The largest absolute Gasteiger partial charge is 0.300 e. The smallest absolute Gasteiger partial charge is 0.0158 e. The van der Waals surface area contributed by atoms with Crippen molar-refractivity contribution in [3.8, 4) is 0 Å². The van der Waals surface area contributed by atoms with E-state index in [0.717, 1.165) is 29.7 Å². The van der Waals surface area contributed by atoms with Crippen molar-refractivity contribution in [2.24, 2.45) is 23.7 Å². The summed E-state index contributed by atoms with van der Waals surface area (Å²) >= 11 is 0. The van der Waals surface area contributed by atoms with Gasteiger partial charge in [-0.2, -0.15) is 0 Å². The normalized spacial score (nSPS) is 66.0. The summed E-state index contributed by atoms with van der Waals surface area (Å²) < 4.78 is 0. The summed E-state index contributed by atoms with van der Waals surface area (Å²) in [4.78, 5) is 2.82. The lowest BCUT2D eigenvalue weighted by Gasteiger charge is -2.35. The quantitative estimate of drug-likeness (QED) is 0.526. The monoisotopic (exact) mass is 163 g/mol. The summed E-state index contributed by atoms with van der Waals surface area (Å²) in [6, 6.07) is 1.07. The van der Waals surface area contributed by atoms with Crippen LogP contribution in [0.2, 0.25) is 0 Å². The van der Waals surface area contributed by atoms with Crippen LogP contribution < -0.4 is 0 Å². The van der Waals surface area contributed by atoms with Crippen molar-refractivity contribution in [1.82, 2.24) is 4.90 Å². The van der Waals surface area contributed by atoms with Gasteiger partial charge in [0.15, 0.2) is 0 Å². The van der Waals surface area contributed by atoms with Crippen LogP contribution in [-0.4, -0.2) is 24.0 Å². The second kappa shape index (κ2) is 1.89. The molecule has 2 saturated carbocycles. The van der Waals surface area contributed by atoms with Gasteiger partial charge >= 0.3 is 0 Å². The molecule has 4 bridgehead atoms. The van der Waals surface area contributed by atoms with Gasteiger partial charge in [-0.05, 0) is 55.9 Å². The number of rotatable bonds is 0. The molecule has 6 unspecified atom stereocenters. The van der Waals surface area contributed by atoms with Gasteiger partial charge in [0.05, 0.1) is 0 Å². The molecule has 1 heteroatoms. The minimum atomic E-state index is 1.07. The molecular weight excluding hydrogens is 146 g/mol. The molecule has 0 aromatic rings. The second-order valence-electron chi connectivity index (χ2n) is 5.44.